The summed E-state index contributed by atoms with van der Waals surface area (Å²) in [6.45, 7) is 10.5. The Morgan fingerprint density at radius 3 is 1.53 bits per heavy atom. The quantitative estimate of drug-likeness (QED) is 0.533. The Morgan fingerprint density at radius 1 is 1.00 bits per heavy atom. The molecule has 0 fully saturated rings. The maximum Gasteiger partial charge on any atom is 0.171 e. The molecular weight excluding hydrogens is 272 g/mol. The van der Waals surface area contributed by atoms with Crippen LogP contribution in [0.3, 0.4) is 0 Å². The Hall–Kier alpha value is -0.130. The summed E-state index contributed by atoms with van der Waals surface area (Å²) in [4.78, 5) is 22.9. The molecule has 96 valence electrons. The highest BCUT2D eigenvalue weighted by molar-refractivity contribution is 8.01. The third kappa shape index (κ3) is 6.38. The third-order valence-corrected chi connectivity index (χ3v) is 4.46. The van der Waals surface area contributed by atoms with E-state index in [9.17, 15) is 9.59 Å². The van der Waals surface area contributed by atoms with Crippen LogP contribution in [0, 0.1) is 0 Å². The molecule has 5 heteroatoms. The summed E-state index contributed by atoms with van der Waals surface area (Å²) in [5, 5.41) is -0.726. The van der Waals surface area contributed by atoms with Crippen molar-refractivity contribution in [2.75, 3.05) is 11.5 Å². The molecular formula is C12H18O2S3. The summed E-state index contributed by atoms with van der Waals surface area (Å²) in [6.07, 6.45) is 0. The minimum Gasteiger partial charge on any atom is -0.293 e. The molecule has 2 unspecified atom stereocenters. The van der Waals surface area contributed by atoms with Crippen molar-refractivity contribution in [3.8, 4) is 0 Å². The van der Waals surface area contributed by atoms with Crippen molar-refractivity contribution in [2.24, 2.45) is 0 Å². The van der Waals surface area contributed by atoms with E-state index in [4.69, 9.17) is 0 Å². The Labute approximate surface area is 118 Å². The normalized spacial score (nSPS) is 13.9. The van der Waals surface area contributed by atoms with Crippen LogP contribution in [0.15, 0.2) is 24.3 Å². The van der Waals surface area contributed by atoms with Crippen LogP contribution in [-0.4, -0.2) is 33.6 Å². The monoisotopic (exact) mass is 290 g/mol. The summed E-state index contributed by atoms with van der Waals surface area (Å²) in [5.41, 5.74) is 1.01. The van der Waals surface area contributed by atoms with E-state index in [0.29, 0.717) is 22.7 Å². The Kier molecular flexibility index (Phi) is 8.00. The van der Waals surface area contributed by atoms with Gasteiger partial charge in [0.1, 0.15) is 0 Å². The van der Waals surface area contributed by atoms with Crippen molar-refractivity contribution in [3.63, 3.8) is 0 Å². The van der Waals surface area contributed by atoms with E-state index >= 15 is 0 Å². The van der Waals surface area contributed by atoms with Gasteiger partial charge in [-0.3, -0.25) is 9.59 Å². The van der Waals surface area contributed by atoms with Gasteiger partial charge < -0.3 is 0 Å². The van der Waals surface area contributed by atoms with Gasteiger partial charge in [0.25, 0.3) is 0 Å². The maximum absolute atomic E-state index is 11.5. The number of carbonyl (C=O) groups is 2. The zero-order chi connectivity index (χ0) is 13.6. The first-order valence-corrected chi connectivity index (χ1v) is 7.29. The molecule has 0 amide bonds. The zero-order valence-corrected chi connectivity index (χ0v) is 12.7. The zero-order valence-electron chi connectivity index (χ0n) is 10.1. The highest BCUT2D eigenvalue weighted by Gasteiger charge is 2.18. The van der Waals surface area contributed by atoms with E-state index in [1.165, 1.54) is 11.8 Å². The second-order valence-electron chi connectivity index (χ2n) is 3.86. The predicted octanol–water partition coefficient (Wildman–Crippen LogP) is 2.61. The van der Waals surface area contributed by atoms with Crippen molar-refractivity contribution in [2.45, 2.75) is 24.3 Å². The molecule has 0 aliphatic heterocycles. The lowest BCUT2D eigenvalue weighted by atomic mass is 10.2. The Morgan fingerprint density at radius 2 is 1.29 bits per heavy atom. The minimum absolute atomic E-state index is 0.0530. The van der Waals surface area contributed by atoms with Crippen molar-refractivity contribution < 1.29 is 9.59 Å². The smallest absolute Gasteiger partial charge is 0.171 e. The summed E-state index contributed by atoms with van der Waals surface area (Å²) in [6, 6.07) is 0. The van der Waals surface area contributed by atoms with Gasteiger partial charge >= 0.3 is 0 Å². The molecule has 0 aliphatic carbocycles. The number of Topliss-reactive ketones (excluding diaryl/α,β-unsaturated/α-hetero) is 2. The van der Waals surface area contributed by atoms with Crippen molar-refractivity contribution in [1.82, 2.24) is 0 Å². The van der Waals surface area contributed by atoms with Crippen LogP contribution in [0.2, 0.25) is 0 Å². The van der Waals surface area contributed by atoms with Crippen LogP contribution in [0.5, 0.6) is 0 Å². The summed E-state index contributed by atoms with van der Waals surface area (Å²) in [5.74, 6) is 0.996. The van der Waals surface area contributed by atoms with Crippen LogP contribution < -0.4 is 0 Å². The van der Waals surface area contributed by atoms with Crippen molar-refractivity contribution in [3.05, 3.63) is 24.3 Å². The number of allylic oxidation sites excluding steroid dienone is 2. The fraction of sp³-hybridized carbons (Fsp3) is 0.500. The van der Waals surface area contributed by atoms with Gasteiger partial charge in [-0.05, 0) is 25.0 Å². The van der Waals surface area contributed by atoms with Gasteiger partial charge in [-0.2, -0.15) is 37.0 Å². The van der Waals surface area contributed by atoms with Crippen molar-refractivity contribution >= 4 is 48.6 Å². The number of thioether (sulfide) groups is 1. The molecule has 17 heavy (non-hydrogen) atoms. The van der Waals surface area contributed by atoms with Gasteiger partial charge in [0.2, 0.25) is 0 Å². The molecule has 0 spiro atoms. The first-order chi connectivity index (χ1) is 7.77. The lowest BCUT2D eigenvalue weighted by Gasteiger charge is -2.12. The minimum atomic E-state index is -0.363. The Bertz CT molecular complexity index is 305. The predicted molar refractivity (Wildman–Crippen MR) is 82.5 cm³/mol. The number of hydrogen-bond acceptors (Lipinski definition) is 5. The lowest BCUT2D eigenvalue weighted by molar-refractivity contribution is -0.115. The molecule has 0 aromatic heterocycles. The molecule has 2 nitrogen and oxygen atoms in total. The van der Waals surface area contributed by atoms with Crippen LogP contribution >= 0.6 is 37.0 Å². The van der Waals surface area contributed by atoms with Gasteiger partial charge in [0.15, 0.2) is 11.6 Å². The average Bonchev–Trinajstić information content (AvgIpc) is 2.26. The van der Waals surface area contributed by atoms with E-state index < -0.39 is 0 Å². The Balaban J connectivity index is 4.00. The van der Waals surface area contributed by atoms with Crippen LogP contribution in [0.4, 0.5) is 0 Å². The van der Waals surface area contributed by atoms with Crippen LogP contribution in [0.25, 0.3) is 0 Å². The second kappa shape index (κ2) is 8.06. The molecule has 0 aromatic rings. The first-order valence-electron chi connectivity index (χ1n) is 5.10. The second-order valence-corrected chi connectivity index (χ2v) is 6.18. The SMILES string of the molecule is C=C(C)C(=O)C(S)CSCC(S)C(=O)C(=C)C. The van der Waals surface area contributed by atoms with Gasteiger partial charge in [0, 0.05) is 11.5 Å². The van der Waals surface area contributed by atoms with Crippen LogP contribution in [-0.2, 0) is 9.59 Å². The number of hydrogen-bond donors (Lipinski definition) is 2. The van der Waals surface area contributed by atoms with Gasteiger partial charge in [0.05, 0.1) is 10.5 Å². The fourth-order valence-corrected chi connectivity index (χ4v) is 2.97. The topological polar surface area (TPSA) is 34.1 Å². The molecule has 0 saturated carbocycles. The summed E-state index contributed by atoms with van der Waals surface area (Å²) >= 11 is 9.89. The number of carbonyl (C=O) groups excluding carboxylic acids is 2. The number of rotatable bonds is 8. The van der Waals surface area contributed by atoms with E-state index in [0.717, 1.165) is 0 Å². The summed E-state index contributed by atoms with van der Waals surface area (Å²) in [7, 11) is 0. The largest absolute Gasteiger partial charge is 0.293 e. The lowest BCUT2D eigenvalue weighted by Crippen LogP contribution is -2.21. The van der Waals surface area contributed by atoms with Gasteiger partial charge in [-0.25, -0.2) is 0 Å². The fourth-order valence-electron chi connectivity index (χ4n) is 1.01. The molecule has 0 aromatic carbocycles. The number of ketones is 2. The van der Waals surface area contributed by atoms with Gasteiger partial charge in [-0.1, -0.05) is 13.2 Å². The van der Waals surface area contributed by atoms with E-state index in [1.807, 2.05) is 0 Å². The molecule has 0 radical (unpaired) electrons. The molecule has 0 heterocycles. The van der Waals surface area contributed by atoms with Gasteiger partial charge in [-0.15, -0.1) is 0 Å². The molecule has 0 N–H and O–H groups in total. The van der Waals surface area contributed by atoms with E-state index in [-0.39, 0.29) is 22.1 Å². The van der Waals surface area contributed by atoms with E-state index in [2.05, 4.69) is 38.4 Å². The standard InChI is InChI=1S/C12H18O2S3/c1-7(2)11(13)9(15)5-17-6-10(16)12(14)8(3)4/h9-10,15-16H,1,3,5-6H2,2,4H3. The van der Waals surface area contributed by atoms with Crippen LogP contribution in [0.1, 0.15) is 13.8 Å². The summed E-state index contributed by atoms with van der Waals surface area (Å²) < 4.78 is 0. The maximum atomic E-state index is 11.5. The van der Waals surface area contributed by atoms with Crippen molar-refractivity contribution in [1.29, 1.82) is 0 Å². The molecule has 0 aliphatic rings. The molecule has 0 bridgehead atoms. The third-order valence-electron chi connectivity index (χ3n) is 2.00. The molecule has 0 saturated heterocycles. The highest BCUT2D eigenvalue weighted by atomic mass is 32.2. The first kappa shape index (κ1) is 16.9. The highest BCUT2D eigenvalue weighted by Crippen LogP contribution is 2.16. The number of thiol groups is 2. The van der Waals surface area contributed by atoms with E-state index in [1.54, 1.807) is 13.8 Å². The molecule has 2 atom stereocenters. The molecule has 0 rings (SSSR count). The average molecular weight is 290 g/mol.